The lowest BCUT2D eigenvalue weighted by Gasteiger charge is -2.28. The topological polar surface area (TPSA) is 71.5 Å². The van der Waals surface area contributed by atoms with Crippen molar-refractivity contribution >= 4 is 49.9 Å². The number of nitrogens with zero attached hydrogens (tertiary/aromatic N) is 2. The Balaban J connectivity index is 1.58. The molecule has 0 saturated carbocycles. The van der Waals surface area contributed by atoms with Crippen LogP contribution in [0.1, 0.15) is 17.3 Å². The van der Waals surface area contributed by atoms with Crippen molar-refractivity contribution in [2.45, 2.75) is 6.92 Å². The summed E-state index contributed by atoms with van der Waals surface area (Å²) in [7, 11) is 0. The smallest absolute Gasteiger partial charge is 0.265 e. The zero-order chi connectivity index (χ0) is 19.7. The van der Waals surface area contributed by atoms with Gasteiger partial charge in [-0.15, -0.1) is 11.3 Å². The van der Waals surface area contributed by atoms with Crippen LogP contribution in [0, 0.1) is 0 Å². The van der Waals surface area contributed by atoms with Crippen molar-refractivity contribution < 1.29 is 14.3 Å². The van der Waals surface area contributed by atoms with Crippen LogP contribution < -0.4 is 15.0 Å². The minimum absolute atomic E-state index is 0.0577. The van der Waals surface area contributed by atoms with E-state index in [1.54, 1.807) is 11.0 Å². The zero-order valence-electron chi connectivity index (χ0n) is 14.9. The van der Waals surface area contributed by atoms with Crippen LogP contribution in [-0.4, -0.2) is 29.9 Å². The van der Waals surface area contributed by atoms with Gasteiger partial charge >= 0.3 is 0 Å². The first-order valence-corrected chi connectivity index (χ1v) is 10.3. The Hall–Kier alpha value is -2.71. The average molecular weight is 458 g/mol. The zero-order valence-corrected chi connectivity index (χ0v) is 17.3. The van der Waals surface area contributed by atoms with Crippen LogP contribution >= 0.6 is 27.3 Å². The Morgan fingerprint density at radius 1 is 1.32 bits per heavy atom. The summed E-state index contributed by atoms with van der Waals surface area (Å²) in [4.78, 5) is 30.7. The minimum Gasteiger partial charge on any atom is -0.482 e. The number of carbonyl (C=O) groups excluding carboxylic acids is 2. The molecule has 0 unspecified atom stereocenters. The number of benzene rings is 2. The normalized spacial score (nSPS) is 13.1. The molecular formula is C20H16BrN3O3S. The number of rotatable bonds is 4. The lowest BCUT2D eigenvalue weighted by molar-refractivity contribution is -0.121. The number of anilines is 2. The van der Waals surface area contributed by atoms with E-state index >= 15 is 0 Å². The maximum Gasteiger partial charge on any atom is 0.265 e. The summed E-state index contributed by atoms with van der Waals surface area (Å²) < 4.78 is 6.23. The molecule has 0 fully saturated rings. The molecule has 2 heterocycles. The van der Waals surface area contributed by atoms with Gasteiger partial charge in [-0.1, -0.05) is 12.1 Å². The molecule has 6 nitrogen and oxygen atoms in total. The predicted octanol–water partition coefficient (Wildman–Crippen LogP) is 4.57. The van der Waals surface area contributed by atoms with E-state index in [4.69, 9.17) is 4.74 Å². The summed E-state index contributed by atoms with van der Waals surface area (Å²) in [6.07, 6.45) is 0. The van der Waals surface area contributed by atoms with Crippen LogP contribution in [0.25, 0.3) is 11.3 Å². The lowest BCUT2D eigenvalue weighted by Crippen LogP contribution is -2.38. The molecule has 3 aromatic rings. The van der Waals surface area contributed by atoms with Gasteiger partial charge in [-0.3, -0.25) is 14.9 Å². The second kappa shape index (κ2) is 7.73. The monoisotopic (exact) mass is 457 g/mol. The van der Waals surface area contributed by atoms with Crippen molar-refractivity contribution in [3.63, 3.8) is 0 Å². The maximum absolute atomic E-state index is 12.5. The van der Waals surface area contributed by atoms with E-state index in [1.165, 1.54) is 11.3 Å². The number of likely N-dealkylation sites (N-methyl/N-ethyl adjacent to an activating group) is 1. The first-order valence-electron chi connectivity index (χ1n) is 8.66. The number of thiazole rings is 1. The van der Waals surface area contributed by atoms with Crippen LogP contribution in [0.5, 0.6) is 5.75 Å². The van der Waals surface area contributed by atoms with Gasteiger partial charge in [-0.25, -0.2) is 4.98 Å². The van der Waals surface area contributed by atoms with E-state index in [9.17, 15) is 9.59 Å². The standard InChI is InChI=1S/C20H16BrN3O3S/c1-2-24-16-9-12(7-8-17(16)27-10-18(24)25)15-11-28-20(22-15)23-19(26)13-5-3-4-6-14(13)21/h3-9,11H,2,10H2,1H3,(H,22,23,26). The van der Waals surface area contributed by atoms with Gasteiger partial charge in [0.25, 0.3) is 11.8 Å². The van der Waals surface area contributed by atoms with Gasteiger partial charge in [0.05, 0.1) is 16.9 Å². The molecule has 4 rings (SSSR count). The molecule has 1 aromatic heterocycles. The number of nitrogens with one attached hydrogen (secondary N) is 1. The van der Waals surface area contributed by atoms with E-state index in [1.807, 2.05) is 48.7 Å². The Kier molecular flexibility index (Phi) is 5.15. The van der Waals surface area contributed by atoms with Crippen molar-refractivity contribution in [2.24, 2.45) is 0 Å². The number of fused-ring (bicyclic) bond motifs is 1. The molecule has 0 spiro atoms. The lowest BCUT2D eigenvalue weighted by atomic mass is 10.1. The van der Waals surface area contributed by atoms with Gasteiger partial charge in [-0.05, 0) is 53.2 Å². The van der Waals surface area contributed by atoms with Crippen molar-refractivity contribution in [3.05, 3.63) is 57.9 Å². The van der Waals surface area contributed by atoms with E-state index in [-0.39, 0.29) is 18.4 Å². The van der Waals surface area contributed by atoms with Gasteiger partial charge in [0, 0.05) is 22.0 Å². The summed E-state index contributed by atoms with van der Waals surface area (Å²) in [5, 5.41) is 5.21. The van der Waals surface area contributed by atoms with Gasteiger partial charge in [-0.2, -0.15) is 0 Å². The van der Waals surface area contributed by atoms with E-state index in [0.717, 1.165) is 21.4 Å². The Morgan fingerprint density at radius 2 is 2.14 bits per heavy atom. The Bertz CT molecular complexity index is 1070. The number of halogens is 1. The maximum atomic E-state index is 12.5. The molecule has 0 aliphatic carbocycles. The number of ether oxygens (including phenoxy) is 1. The van der Waals surface area contributed by atoms with E-state index in [2.05, 4.69) is 26.2 Å². The van der Waals surface area contributed by atoms with Gasteiger partial charge < -0.3 is 9.64 Å². The molecule has 0 atom stereocenters. The summed E-state index contributed by atoms with van der Waals surface area (Å²) in [6.45, 7) is 2.56. The average Bonchev–Trinajstić information content (AvgIpc) is 3.16. The Labute approximate surface area is 174 Å². The summed E-state index contributed by atoms with van der Waals surface area (Å²) in [5.74, 6) is 0.393. The molecule has 8 heteroatoms. The quantitative estimate of drug-likeness (QED) is 0.622. The van der Waals surface area contributed by atoms with Crippen molar-refractivity contribution in [1.82, 2.24) is 4.98 Å². The van der Waals surface area contributed by atoms with Crippen molar-refractivity contribution in [3.8, 4) is 17.0 Å². The number of amides is 2. The third-order valence-electron chi connectivity index (χ3n) is 4.36. The first-order chi connectivity index (χ1) is 13.6. The molecule has 1 aliphatic heterocycles. The predicted molar refractivity (Wildman–Crippen MR) is 113 cm³/mol. The number of carbonyl (C=O) groups is 2. The molecule has 2 amide bonds. The highest BCUT2D eigenvalue weighted by Crippen LogP contribution is 2.36. The highest BCUT2D eigenvalue weighted by atomic mass is 79.9. The van der Waals surface area contributed by atoms with Crippen molar-refractivity contribution in [2.75, 3.05) is 23.4 Å². The first kappa shape index (κ1) is 18.6. The molecular weight excluding hydrogens is 442 g/mol. The summed E-state index contributed by atoms with van der Waals surface area (Å²) >= 11 is 4.73. The minimum atomic E-state index is -0.227. The summed E-state index contributed by atoms with van der Waals surface area (Å²) in [6, 6.07) is 12.9. The highest BCUT2D eigenvalue weighted by molar-refractivity contribution is 9.10. The molecule has 28 heavy (non-hydrogen) atoms. The largest absolute Gasteiger partial charge is 0.482 e. The van der Waals surface area contributed by atoms with Crippen molar-refractivity contribution in [1.29, 1.82) is 0 Å². The highest BCUT2D eigenvalue weighted by Gasteiger charge is 2.25. The third-order valence-corrected chi connectivity index (χ3v) is 5.81. The van der Waals surface area contributed by atoms with Crippen LogP contribution in [0.3, 0.4) is 0 Å². The second-order valence-corrected chi connectivity index (χ2v) is 7.79. The molecule has 0 bridgehead atoms. The van der Waals surface area contributed by atoms with Crippen LogP contribution in [-0.2, 0) is 4.79 Å². The molecule has 0 radical (unpaired) electrons. The Morgan fingerprint density at radius 3 is 2.93 bits per heavy atom. The SMILES string of the molecule is CCN1C(=O)COc2ccc(-c3csc(NC(=O)c4ccccc4Br)n3)cc21. The third kappa shape index (κ3) is 3.53. The molecule has 1 aliphatic rings. The molecule has 0 saturated heterocycles. The number of hydrogen-bond acceptors (Lipinski definition) is 5. The number of hydrogen-bond donors (Lipinski definition) is 1. The van der Waals surface area contributed by atoms with Crippen LogP contribution in [0.2, 0.25) is 0 Å². The molecule has 142 valence electrons. The van der Waals surface area contributed by atoms with E-state index in [0.29, 0.717) is 23.0 Å². The van der Waals surface area contributed by atoms with Crippen LogP contribution in [0.4, 0.5) is 10.8 Å². The molecule has 2 aromatic carbocycles. The van der Waals surface area contributed by atoms with Crippen LogP contribution in [0.15, 0.2) is 52.3 Å². The van der Waals surface area contributed by atoms with Gasteiger partial charge in [0.15, 0.2) is 11.7 Å². The fraction of sp³-hybridized carbons (Fsp3) is 0.150. The van der Waals surface area contributed by atoms with Gasteiger partial charge in [0.1, 0.15) is 5.75 Å². The fourth-order valence-electron chi connectivity index (χ4n) is 2.98. The molecule has 1 N–H and O–H groups in total. The van der Waals surface area contributed by atoms with Gasteiger partial charge in [0.2, 0.25) is 0 Å². The summed E-state index contributed by atoms with van der Waals surface area (Å²) in [5.41, 5.74) is 2.86. The second-order valence-electron chi connectivity index (χ2n) is 6.08. The van der Waals surface area contributed by atoms with E-state index < -0.39 is 0 Å². The fourth-order valence-corrected chi connectivity index (χ4v) is 4.16. The number of aromatic nitrogens is 1.